The molecule has 0 aromatic carbocycles. The van der Waals surface area contributed by atoms with E-state index in [2.05, 4.69) is 6.92 Å². The molecule has 3 nitrogen and oxygen atoms in total. The molecule has 1 aliphatic rings. The molecule has 0 radical (unpaired) electrons. The van der Waals surface area contributed by atoms with Gasteiger partial charge in [0.05, 0.1) is 19.6 Å². The Labute approximate surface area is 92.1 Å². The summed E-state index contributed by atoms with van der Waals surface area (Å²) in [6, 6.07) is 0. The van der Waals surface area contributed by atoms with Crippen LogP contribution in [0.15, 0.2) is 0 Å². The van der Waals surface area contributed by atoms with Crippen molar-refractivity contribution in [1.82, 2.24) is 0 Å². The van der Waals surface area contributed by atoms with E-state index in [9.17, 15) is 4.79 Å². The summed E-state index contributed by atoms with van der Waals surface area (Å²) in [5.41, 5.74) is 0. The van der Waals surface area contributed by atoms with Gasteiger partial charge in [-0.25, -0.2) is 0 Å². The zero-order valence-electron chi connectivity index (χ0n) is 9.67. The van der Waals surface area contributed by atoms with Gasteiger partial charge in [-0.2, -0.15) is 0 Å². The Morgan fingerprint density at radius 3 is 2.40 bits per heavy atom. The van der Waals surface area contributed by atoms with E-state index in [-0.39, 0.29) is 0 Å². The smallest absolute Gasteiger partial charge is 0.175 e. The van der Waals surface area contributed by atoms with Gasteiger partial charge in [0.1, 0.15) is 6.29 Å². The Morgan fingerprint density at radius 1 is 1.13 bits per heavy atom. The van der Waals surface area contributed by atoms with Crippen molar-refractivity contribution >= 4 is 6.29 Å². The second-order valence-corrected chi connectivity index (χ2v) is 4.14. The molecule has 0 amide bonds. The van der Waals surface area contributed by atoms with Crippen molar-refractivity contribution in [2.75, 3.05) is 13.2 Å². The average molecular weight is 214 g/mol. The van der Waals surface area contributed by atoms with Crippen molar-refractivity contribution in [3.05, 3.63) is 0 Å². The quantitative estimate of drug-likeness (QED) is 0.460. The maximum atomic E-state index is 10.5. The van der Waals surface area contributed by atoms with Crippen LogP contribution in [0.4, 0.5) is 0 Å². The van der Waals surface area contributed by atoms with Crippen LogP contribution in [-0.2, 0) is 14.3 Å². The molecule has 1 aliphatic heterocycles. The summed E-state index contributed by atoms with van der Waals surface area (Å²) in [7, 11) is 0. The SMILES string of the molecule is CCCCCCCC1(CC=O)OCCO1. The highest BCUT2D eigenvalue weighted by Gasteiger charge is 2.35. The molecular formula is C12H22O3. The van der Waals surface area contributed by atoms with E-state index in [1.54, 1.807) is 0 Å². The van der Waals surface area contributed by atoms with Gasteiger partial charge < -0.3 is 14.3 Å². The molecule has 0 aromatic rings. The van der Waals surface area contributed by atoms with Crippen LogP contribution in [-0.4, -0.2) is 25.3 Å². The average Bonchev–Trinajstić information content (AvgIpc) is 2.67. The van der Waals surface area contributed by atoms with Crippen molar-refractivity contribution < 1.29 is 14.3 Å². The van der Waals surface area contributed by atoms with Gasteiger partial charge in [0.25, 0.3) is 0 Å². The second-order valence-electron chi connectivity index (χ2n) is 4.14. The van der Waals surface area contributed by atoms with Gasteiger partial charge in [0.2, 0.25) is 0 Å². The highest BCUT2D eigenvalue weighted by Crippen LogP contribution is 2.28. The summed E-state index contributed by atoms with van der Waals surface area (Å²) < 4.78 is 11.1. The maximum absolute atomic E-state index is 10.5. The minimum Gasteiger partial charge on any atom is -0.347 e. The molecule has 0 N–H and O–H groups in total. The lowest BCUT2D eigenvalue weighted by Gasteiger charge is -2.24. The second kappa shape index (κ2) is 6.96. The number of carbonyl (C=O) groups excluding carboxylic acids is 1. The molecule has 15 heavy (non-hydrogen) atoms. The summed E-state index contributed by atoms with van der Waals surface area (Å²) in [5, 5.41) is 0. The summed E-state index contributed by atoms with van der Waals surface area (Å²) in [5.74, 6) is -0.575. The topological polar surface area (TPSA) is 35.5 Å². The van der Waals surface area contributed by atoms with Crippen LogP contribution in [0.5, 0.6) is 0 Å². The van der Waals surface area contributed by atoms with Crippen LogP contribution in [0.25, 0.3) is 0 Å². The van der Waals surface area contributed by atoms with Crippen molar-refractivity contribution in [2.45, 2.75) is 57.7 Å². The van der Waals surface area contributed by atoms with Gasteiger partial charge >= 0.3 is 0 Å². The highest BCUT2D eigenvalue weighted by atomic mass is 16.7. The molecule has 0 atom stereocenters. The molecule has 0 aliphatic carbocycles. The number of carbonyl (C=O) groups is 1. The third-order valence-electron chi connectivity index (χ3n) is 2.87. The number of rotatable bonds is 8. The molecule has 0 bridgehead atoms. The first-order chi connectivity index (χ1) is 7.33. The summed E-state index contributed by atoms with van der Waals surface area (Å²) >= 11 is 0. The summed E-state index contributed by atoms with van der Waals surface area (Å²) in [6.07, 6.45) is 8.26. The van der Waals surface area contributed by atoms with Gasteiger partial charge in [-0.15, -0.1) is 0 Å². The summed E-state index contributed by atoms with van der Waals surface area (Å²) in [6.45, 7) is 3.46. The van der Waals surface area contributed by atoms with Gasteiger partial charge in [0.15, 0.2) is 5.79 Å². The monoisotopic (exact) mass is 214 g/mol. The van der Waals surface area contributed by atoms with Crippen molar-refractivity contribution in [3.8, 4) is 0 Å². The van der Waals surface area contributed by atoms with E-state index >= 15 is 0 Å². The van der Waals surface area contributed by atoms with E-state index < -0.39 is 5.79 Å². The van der Waals surface area contributed by atoms with Gasteiger partial charge in [-0.3, -0.25) is 0 Å². The Balaban J connectivity index is 2.17. The number of hydrogen-bond acceptors (Lipinski definition) is 3. The van der Waals surface area contributed by atoms with Crippen LogP contribution in [0, 0.1) is 0 Å². The van der Waals surface area contributed by atoms with Crippen molar-refractivity contribution in [2.24, 2.45) is 0 Å². The predicted molar refractivity (Wildman–Crippen MR) is 58.7 cm³/mol. The lowest BCUT2D eigenvalue weighted by atomic mass is 10.0. The van der Waals surface area contributed by atoms with Crippen LogP contribution in [0.2, 0.25) is 0 Å². The lowest BCUT2D eigenvalue weighted by Crippen LogP contribution is -2.30. The molecule has 0 aromatic heterocycles. The fourth-order valence-corrected chi connectivity index (χ4v) is 1.99. The zero-order chi connectivity index (χ0) is 11.0. The molecular weight excluding hydrogens is 192 g/mol. The van der Waals surface area contributed by atoms with E-state index in [0.717, 1.165) is 19.1 Å². The Hall–Kier alpha value is -0.410. The maximum Gasteiger partial charge on any atom is 0.175 e. The van der Waals surface area contributed by atoms with E-state index in [1.807, 2.05) is 0 Å². The zero-order valence-corrected chi connectivity index (χ0v) is 9.67. The first-order valence-corrected chi connectivity index (χ1v) is 6.04. The van der Waals surface area contributed by atoms with Crippen LogP contribution in [0.1, 0.15) is 51.9 Å². The molecule has 0 saturated carbocycles. The minimum atomic E-state index is -0.575. The first kappa shape index (κ1) is 12.7. The fourth-order valence-electron chi connectivity index (χ4n) is 1.99. The fraction of sp³-hybridized carbons (Fsp3) is 0.917. The lowest BCUT2D eigenvalue weighted by molar-refractivity contribution is -0.168. The number of hydrogen-bond donors (Lipinski definition) is 0. The molecule has 1 saturated heterocycles. The standard InChI is InChI=1S/C12H22O3/c1-2-3-4-5-6-7-12(8-9-13)14-10-11-15-12/h9H,2-8,10-11H2,1H3. The Bertz CT molecular complexity index is 174. The van der Waals surface area contributed by atoms with Gasteiger partial charge in [0, 0.05) is 6.42 Å². The van der Waals surface area contributed by atoms with E-state index in [4.69, 9.17) is 9.47 Å². The largest absolute Gasteiger partial charge is 0.347 e. The van der Waals surface area contributed by atoms with Crippen LogP contribution < -0.4 is 0 Å². The molecule has 0 unspecified atom stereocenters. The molecule has 1 heterocycles. The molecule has 1 fully saturated rings. The van der Waals surface area contributed by atoms with E-state index in [1.165, 1.54) is 25.7 Å². The summed E-state index contributed by atoms with van der Waals surface area (Å²) in [4.78, 5) is 10.5. The molecule has 1 rings (SSSR count). The minimum absolute atomic E-state index is 0.376. The van der Waals surface area contributed by atoms with E-state index in [0.29, 0.717) is 19.6 Å². The Morgan fingerprint density at radius 2 is 1.80 bits per heavy atom. The Kier molecular flexibility index (Phi) is 5.88. The van der Waals surface area contributed by atoms with Crippen molar-refractivity contribution in [1.29, 1.82) is 0 Å². The predicted octanol–water partition coefficient (Wildman–Crippen LogP) is 2.68. The third-order valence-corrected chi connectivity index (χ3v) is 2.87. The normalized spacial score (nSPS) is 19.3. The number of aldehydes is 1. The molecule has 0 spiro atoms. The van der Waals surface area contributed by atoms with Crippen LogP contribution >= 0.6 is 0 Å². The van der Waals surface area contributed by atoms with Crippen LogP contribution in [0.3, 0.4) is 0 Å². The molecule has 3 heteroatoms. The number of ether oxygens (including phenoxy) is 2. The van der Waals surface area contributed by atoms with Crippen molar-refractivity contribution in [3.63, 3.8) is 0 Å². The van der Waals surface area contributed by atoms with Gasteiger partial charge in [-0.05, 0) is 6.42 Å². The molecule has 88 valence electrons. The van der Waals surface area contributed by atoms with Gasteiger partial charge in [-0.1, -0.05) is 32.6 Å². The number of unbranched alkanes of at least 4 members (excludes halogenated alkanes) is 4. The highest BCUT2D eigenvalue weighted by molar-refractivity contribution is 5.50. The first-order valence-electron chi connectivity index (χ1n) is 6.04. The third kappa shape index (κ3) is 4.31.